The van der Waals surface area contributed by atoms with Crippen molar-refractivity contribution in [1.29, 1.82) is 0 Å². The van der Waals surface area contributed by atoms with Gasteiger partial charge < -0.3 is 0 Å². The minimum absolute atomic E-state index is 0.0630. The van der Waals surface area contributed by atoms with Crippen molar-refractivity contribution in [2.45, 2.75) is 12.8 Å². The van der Waals surface area contributed by atoms with Crippen LogP contribution in [0.4, 0.5) is 4.39 Å². The van der Waals surface area contributed by atoms with Gasteiger partial charge in [0.2, 0.25) is 0 Å². The number of hydrogen-bond acceptors (Lipinski definition) is 1. The zero-order chi connectivity index (χ0) is 14.3. The summed E-state index contributed by atoms with van der Waals surface area (Å²) in [6, 6.07) is 10.8. The van der Waals surface area contributed by atoms with Gasteiger partial charge in [-0.15, -0.1) is 11.6 Å². The van der Waals surface area contributed by atoms with Crippen LogP contribution in [0.5, 0.6) is 0 Å². The molecule has 1 heterocycles. The Kier molecular flexibility index (Phi) is 3.40. The summed E-state index contributed by atoms with van der Waals surface area (Å²) in [5, 5.41) is 0.0630. The van der Waals surface area contributed by atoms with Crippen LogP contribution in [0, 0.1) is 12.7 Å². The highest BCUT2D eigenvalue weighted by Gasteiger charge is 2.15. The molecule has 20 heavy (non-hydrogen) atoms. The van der Waals surface area contributed by atoms with Crippen molar-refractivity contribution in [1.82, 2.24) is 9.55 Å². The van der Waals surface area contributed by atoms with Gasteiger partial charge in [-0.3, -0.25) is 4.57 Å². The van der Waals surface area contributed by atoms with Gasteiger partial charge in [-0.05, 0) is 24.6 Å². The molecular formula is C15H11Cl2FN2. The number of fused-ring (bicyclic) bond motifs is 1. The van der Waals surface area contributed by atoms with E-state index in [1.54, 1.807) is 0 Å². The third-order valence-electron chi connectivity index (χ3n) is 3.24. The Labute approximate surface area is 125 Å². The van der Waals surface area contributed by atoms with Gasteiger partial charge >= 0.3 is 0 Å². The van der Waals surface area contributed by atoms with Gasteiger partial charge in [0.1, 0.15) is 11.6 Å². The molecule has 0 saturated carbocycles. The average Bonchev–Trinajstić information content (AvgIpc) is 2.77. The third-order valence-corrected chi connectivity index (χ3v) is 3.77. The van der Waals surface area contributed by atoms with Crippen molar-refractivity contribution < 1.29 is 4.39 Å². The van der Waals surface area contributed by atoms with Crippen LogP contribution in [0.15, 0.2) is 36.4 Å². The molecule has 0 atom stereocenters. The lowest BCUT2D eigenvalue weighted by atomic mass is 10.2. The molecule has 2 aromatic carbocycles. The van der Waals surface area contributed by atoms with Crippen LogP contribution in [0.3, 0.4) is 0 Å². The predicted molar refractivity (Wildman–Crippen MR) is 80.3 cm³/mol. The Morgan fingerprint density at radius 3 is 2.70 bits per heavy atom. The van der Waals surface area contributed by atoms with Crippen molar-refractivity contribution >= 4 is 34.2 Å². The molecule has 0 bridgehead atoms. The molecule has 0 saturated heterocycles. The van der Waals surface area contributed by atoms with Gasteiger partial charge in [0, 0.05) is 6.07 Å². The monoisotopic (exact) mass is 308 g/mol. The number of hydrogen-bond donors (Lipinski definition) is 0. The van der Waals surface area contributed by atoms with Gasteiger partial charge in [-0.1, -0.05) is 29.8 Å². The minimum Gasteiger partial charge on any atom is -0.295 e. The standard InChI is InChI=1S/C15H11Cl2FN2/c1-9-4-2-3-5-13(9)20-14-7-11(18)10(17)6-12(14)19-15(20)8-16/h2-7H,8H2,1H3. The predicted octanol–water partition coefficient (Wildman–Crippen LogP) is 4.87. The van der Waals surface area contributed by atoms with E-state index in [1.165, 1.54) is 12.1 Å². The molecule has 0 radical (unpaired) electrons. The Bertz CT molecular complexity index is 796. The fourth-order valence-corrected chi connectivity index (χ4v) is 2.63. The van der Waals surface area contributed by atoms with Crippen molar-refractivity contribution in [3.05, 3.63) is 58.6 Å². The molecule has 1 aromatic heterocycles. The van der Waals surface area contributed by atoms with E-state index in [0.29, 0.717) is 16.9 Å². The number of alkyl halides is 1. The maximum Gasteiger partial charge on any atom is 0.144 e. The maximum absolute atomic E-state index is 13.8. The highest BCUT2D eigenvalue weighted by molar-refractivity contribution is 6.31. The number of imidazole rings is 1. The second-order valence-electron chi connectivity index (χ2n) is 4.54. The second-order valence-corrected chi connectivity index (χ2v) is 5.21. The first-order valence-electron chi connectivity index (χ1n) is 6.10. The molecule has 0 fully saturated rings. The highest BCUT2D eigenvalue weighted by atomic mass is 35.5. The van der Waals surface area contributed by atoms with E-state index in [1.807, 2.05) is 35.8 Å². The van der Waals surface area contributed by atoms with Crippen molar-refractivity contribution in [3.63, 3.8) is 0 Å². The molecule has 102 valence electrons. The quantitative estimate of drug-likeness (QED) is 0.618. The number of halogens is 3. The molecule has 0 aliphatic carbocycles. The summed E-state index contributed by atoms with van der Waals surface area (Å²) in [4.78, 5) is 4.43. The van der Waals surface area contributed by atoms with E-state index in [9.17, 15) is 4.39 Å². The Balaban J connectivity index is 2.39. The lowest BCUT2D eigenvalue weighted by molar-refractivity contribution is 0.629. The SMILES string of the molecule is Cc1ccccc1-n1c(CCl)nc2cc(Cl)c(F)cc21. The largest absolute Gasteiger partial charge is 0.295 e. The molecule has 2 nitrogen and oxygen atoms in total. The zero-order valence-corrected chi connectivity index (χ0v) is 12.2. The zero-order valence-electron chi connectivity index (χ0n) is 10.7. The lowest BCUT2D eigenvalue weighted by Gasteiger charge is -2.10. The van der Waals surface area contributed by atoms with Crippen molar-refractivity contribution in [2.24, 2.45) is 0 Å². The van der Waals surface area contributed by atoms with Crippen LogP contribution in [0.1, 0.15) is 11.4 Å². The Morgan fingerprint density at radius 2 is 2.00 bits per heavy atom. The van der Waals surface area contributed by atoms with Crippen LogP contribution in [-0.2, 0) is 5.88 Å². The number of benzene rings is 2. The van der Waals surface area contributed by atoms with Gasteiger partial charge in [0.15, 0.2) is 0 Å². The Hall–Kier alpha value is -1.58. The lowest BCUT2D eigenvalue weighted by Crippen LogP contribution is -2.01. The summed E-state index contributed by atoms with van der Waals surface area (Å²) in [5.41, 5.74) is 3.30. The molecular weight excluding hydrogens is 298 g/mol. The van der Waals surface area contributed by atoms with Crippen LogP contribution >= 0.6 is 23.2 Å². The highest BCUT2D eigenvalue weighted by Crippen LogP contribution is 2.28. The van der Waals surface area contributed by atoms with Gasteiger partial charge in [0.25, 0.3) is 0 Å². The summed E-state index contributed by atoms with van der Waals surface area (Å²) >= 11 is 11.8. The van der Waals surface area contributed by atoms with Crippen LogP contribution in [-0.4, -0.2) is 9.55 Å². The molecule has 3 aromatic rings. The first-order chi connectivity index (χ1) is 9.61. The number of aromatic nitrogens is 2. The maximum atomic E-state index is 13.8. The molecule has 0 amide bonds. The Morgan fingerprint density at radius 1 is 1.25 bits per heavy atom. The molecule has 3 rings (SSSR count). The van der Waals surface area contributed by atoms with E-state index in [4.69, 9.17) is 23.2 Å². The molecule has 0 N–H and O–H groups in total. The topological polar surface area (TPSA) is 17.8 Å². The second kappa shape index (κ2) is 5.08. The summed E-state index contributed by atoms with van der Waals surface area (Å²) in [6.45, 7) is 1.99. The fourth-order valence-electron chi connectivity index (χ4n) is 2.30. The number of para-hydroxylation sites is 1. The van der Waals surface area contributed by atoms with E-state index in [-0.39, 0.29) is 10.9 Å². The summed E-state index contributed by atoms with van der Waals surface area (Å²) < 4.78 is 15.6. The smallest absolute Gasteiger partial charge is 0.144 e. The van der Waals surface area contributed by atoms with Crippen molar-refractivity contribution in [3.8, 4) is 5.69 Å². The van der Waals surface area contributed by atoms with Gasteiger partial charge in [-0.2, -0.15) is 0 Å². The van der Waals surface area contributed by atoms with Crippen LogP contribution in [0.2, 0.25) is 5.02 Å². The van der Waals surface area contributed by atoms with Crippen molar-refractivity contribution in [2.75, 3.05) is 0 Å². The van der Waals surface area contributed by atoms with E-state index in [0.717, 1.165) is 11.3 Å². The number of aryl methyl sites for hydroxylation is 1. The molecule has 0 aliphatic heterocycles. The fraction of sp³-hybridized carbons (Fsp3) is 0.133. The molecule has 0 spiro atoms. The first-order valence-corrected chi connectivity index (χ1v) is 7.01. The number of rotatable bonds is 2. The van der Waals surface area contributed by atoms with E-state index in [2.05, 4.69) is 4.98 Å². The minimum atomic E-state index is -0.463. The normalized spacial score (nSPS) is 11.2. The van der Waals surface area contributed by atoms with Crippen LogP contribution < -0.4 is 0 Å². The number of nitrogens with zero attached hydrogens (tertiary/aromatic N) is 2. The molecule has 0 aliphatic rings. The first kappa shape index (κ1) is 13.4. The van der Waals surface area contributed by atoms with Crippen LogP contribution in [0.25, 0.3) is 16.7 Å². The van der Waals surface area contributed by atoms with Gasteiger partial charge in [0.05, 0.1) is 27.6 Å². The third kappa shape index (κ3) is 2.07. The summed E-state index contributed by atoms with van der Waals surface area (Å²) in [5.74, 6) is 0.440. The van der Waals surface area contributed by atoms with Gasteiger partial charge in [-0.25, -0.2) is 9.37 Å². The molecule has 5 heteroatoms. The molecule has 0 unspecified atom stereocenters. The van der Waals surface area contributed by atoms with E-state index < -0.39 is 5.82 Å². The van der Waals surface area contributed by atoms with E-state index >= 15 is 0 Å². The summed E-state index contributed by atoms with van der Waals surface area (Å²) in [7, 11) is 0. The average molecular weight is 309 g/mol. The summed E-state index contributed by atoms with van der Waals surface area (Å²) in [6.07, 6.45) is 0.